The molecule has 1 aromatic heterocycles. The number of amides is 1. The molecule has 0 aliphatic carbocycles. The Balaban J connectivity index is 1.60. The van der Waals surface area contributed by atoms with Crippen LogP contribution >= 0.6 is 0 Å². The van der Waals surface area contributed by atoms with Crippen molar-refractivity contribution >= 4 is 22.5 Å². The molecule has 0 fully saturated rings. The summed E-state index contributed by atoms with van der Waals surface area (Å²) < 4.78 is 0. The van der Waals surface area contributed by atoms with Gasteiger partial charge in [0.1, 0.15) is 0 Å². The number of fused-ring (bicyclic) bond motifs is 2. The van der Waals surface area contributed by atoms with Crippen molar-refractivity contribution in [1.82, 2.24) is 15.5 Å². The van der Waals surface area contributed by atoms with Crippen molar-refractivity contribution in [3.63, 3.8) is 0 Å². The highest BCUT2D eigenvalue weighted by molar-refractivity contribution is 5.98. The Morgan fingerprint density at radius 1 is 1.23 bits per heavy atom. The number of H-pyrrole nitrogens is 1. The first-order valence-corrected chi connectivity index (χ1v) is 7.34. The second-order valence-corrected chi connectivity index (χ2v) is 5.54. The zero-order valence-corrected chi connectivity index (χ0v) is 12.0. The maximum absolute atomic E-state index is 12.6. The van der Waals surface area contributed by atoms with Gasteiger partial charge in [0.05, 0.1) is 17.6 Å². The predicted molar refractivity (Wildman–Crippen MR) is 85.6 cm³/mol. The number of benzene rings is 2. The van der Waals surface area contributed by atoms with Crippen LogP contribution in [0.3, 0.4) is 0 Å². The molecule has 3 N–H and O–H groups in total. The summed E-state index contributed by atoms with van der Waals surface area (Å²) in [5.41, 5.74) is 4.06. The monoisotopic (exact) mass is 292 g/mol. The van der Waals surface area contributed by atoms with Crippen LogP contribution in [0.5, 0.6) is 0 Å². The second kappa shape index (κ2) is 5.27. The number of nitrogens with zero attached hydrogens (tertiary/aromatic N) is 1. The minimum Gasteiger partial charge on any atom is -0.325 e. The first kappa shape index (κ1) is 13.0. The standard InChI is InChI=1S/C17H16N4O/c22-17(15-10-18-8-11-3-1-2-4-14(11)15)20-13-5-6-16-12(7-13)9-19-21-16/h1-7,9,15,18H,8,10H2,(H,19,21)(H,20,22). The Kier molecular flexibility index (Phi) is 3.12. The normalized spacial score (nSPS) is 17.2. The third kappa shape index (κ3) is 2.25. The highest BCUT2D eigenvalue weighted by Crippen LogP contribution is 2.25. The van der Waals surface area contributed by atoms with Crippen LogP contribution < -0.4 is 10.6 Å². The van der Waals surface area contributed by atoms with Gasteiger partial charge >= 0.3 is 0 Å². The molecule has 3 aromatic rings. The zero-order valence-electron chi connectivity index (χ0n) is 12.0. The van der Waals surface area contributed by atoms with Gasteiger partial charge in [-0.15, -0.1) is 0 Å². The Bertz CT molecular complexity index is 839. The molecule has 22 heavy (non-hydrogen) atoms. The number of carbonyl (C=O) groups is 1. The molecule has 1 unspecified atom stereocenters. The van der Waals surface area contributed by atoms with Crippen molar-refractivity contribution in [2.75, 3.05) is 11.9 Å². The van der Waals surface area contributed by atoms with Gasteiger partial charge in [-0.25, -0.2) is 0 Å². The molecule has 5 nitrogen and oxygen atoms in total. The summed E-state index contributed by atoms with van der Waals surface area (Å²) in [5, 5.41) is 14.2. The predicted octanol–water partition coefficient (Wildman–Crippen LogP) is 2.39. The van der Waals surface area contributed by atoms with E-state index in [1.807, 2.05) is 36.4 Å². The van der Waals surface area contributed by atoms with Crippen LogP contribution in [0.4, 0.5) is 5.69 Å². The third-order valence-electron chi connectivity index (χ3n) is 4.12. The van der Waals surface area contributed by atoms with Crippen LogP contribution in [0.2, 0.25) is 0 Å². The van der Waals surface area contributed by atoms with Crippen LogP contribution in [0, 0.1) is 0 Å². The number of aromatic nitrogens is 2. The average Bonchev–Trinajstić information content (AvgIpc) is 3.02. The third-order valence-corrected chi connectivity index (χ3v) is 4.12. The van der Waals surface area contributed by atoms with Crippen molar-refractivity contribution in [3.05, 3.63) is 59.8 Å². The van der Waals surface area contributed by atoms with Crippen molar-refractivity contribution in [2.45, 2.75) is 12.5 Å². The van der Waals surface area contributed by atoms with Gasteiger partial charge in [-0.2, -0.15) is 5.10 Å². The molecule has 0 saturated heterocycles. The molecule has 1 aliphatic heterocycles. The number of carbonyl (C=O) groups excluding carboxylic acids is 1. The molecule has 0 spiro atoms. The van der Waals surface area contributed by atoms with Crippen molar-refractivity contribution in [2.24, 2.45) is 0 Å². The molecule has 110 valence electrons. The summed E-state index contributed by atoms with van der Waals surface area (Å²) in [4.78, 5) is 12.6. The molecular weight excluding hydrogens is 276 g/mol. The molecule has 4 rings (SSSR count). The fourth-order valence-corrected chi connectivity index (χ4v) is 2.98. The highest BCUT2D eigenvalue weighted by Gasteiger charge is 2.26. The first-order chi connectivity index (χ1) is 10.8. The minimum atomic E-state index is -0.162. The number of aromatic amines is 1. The molecule has 5 heteroatoms. The van der Waals surface area contributed by atoms with Gasteiger partial charge in [-0.1, -0.05) is 24.3 Å². The van der Waals surface area contributed by atoms with Crippen LogP contribution in [0.15, 0.2) is 48.7 Å². The van der Waals surface area contributed by atoms with E-state index >= 15 is 0 Å². The lowest BCUT2D eigenvalue weighted by Gasteiger charge is -2.25. The van der Waals surface area contributed by atoms with Gasteiger partial charge in [0.25, 0.3) is 0 Å². The summed E-state index contributed by atoms with van der Waals surface area (Å²) >= 11 is 0. The lowest BCUT2D eigenvalue weighted by atomic mass is 9.90. The summed E-state index contributed by atoms with van der Waals surface area (Å²) in [6.45, 7) is 1.48. The van der Waals surface area contributed by atoms with Crippen molar-refractivity contribution < 1.29 is 4.79 Å². The van der Waals surface area contributed by atoms with Crippen LogP contribution in [-0.4, -0.2) is 22.6 Å². The average molecular weight is 292 g/mol. The molecule has 2 aromatic carbocycles. The quantitative estimate of drug-likeness (QED) is 0.679. The molecule has 0 radical (unpaired) electrons. The lowest BCUT2D eigenvalue weighted by molar-refractivity contribution is -0.117. The van der Waals surface area contributed by atoms with E-state index in [0.29, 0.717) is 6.54 Å². The van der Waals surface area contributed by atoms with E-state index in [4.69, 9.17) is 0 Å². The van der Waals surface area contributed by atoms with E-state index in [0.717, 1.165) is 28.7 Å². The van der Waals surface area contributed by atoms with E-state index in [9.17, 15) is 4.79 Å². The van der Waals surface area contributed by atoms with Gasteiger partial charge in [0.15, 0.2) is 0 Å². The van der Waals surface area contributed by atoms with E-state index in [2.05, 4.69) is 26.9 Å². The van der Waals surface area contributed by atoms with E-state index in [1.165, 1.54) is 5.56 Å². The minimum absolute atomic E-state index is 0.0162. The maximum Gasteiger partial charge on any atom is 0.233 e. The summed E-state index contributed by atoms with van der Waals surface area (Å²) in [6.07, 6.45) is 1.75. The Morgan fingerprint density at radius 2 is 2.14 bits per heavy atom. The number of hydrogen-bond donors (Lipinski definition) is 3. The molecule has 1 amide bonds. The number of hydrogen-bond acceptors (Lipinski definition) is 3. The number of rotatable bonds is 2. The zero-order chi connectivity index (χ0) is 14.9. The molecule has 1 atom stereocenters. The van der Waals surface area contributed by atoms with E-state index < -0.39 is 0 Å². The van der Waals surface area contributed by atoms with Crippen LogP contribution in [0.25, 0.3) is 10.9 Å². The highest BCUT2D eigenvalue weighted by atomic mass is 16.1. The van der Waals surface area contributed by atoms with Gasteiger partial charge < -0.3 is 10.6 Å². The molecule has 0 saturated carbocycles. The molecule has 0 bridgehead atoms. The largest absolute Gasteiger partial charge is 0.325 e. The summed E-state index contributed by atoms with van der Waals surface area (Å²) in [6, 6.07) is 13.8. The SMILES string of the molecule is O=C(Nc1ccc2[nH]ncc2c1)C1CNCc2ccccc21. The number of nitrogens with one attached hydrogen (secondary N) is 3. The first-order valence-electron chi connectivity index (χ1n) is 7.34. The number of anilines is 1. The van der Waals surface area contributed by atoms with Crippen molar-refractivity contribution in [1.29, 1.82) is 0 Å². The van der Waals surface area contributed by atoms with E-state index in [1.54, 1.807) is 6.20 Å². The van der Waals surface area contributed by atoms with Crippen LogP contribution in [-0.2, 0) is 11.3 Å². The second-order valence-electron chi connectivity index (χ2n) is 5.54. The fraction of sp³-hybridized carbons (Fsp3) is 0.176. The van der Waals surface area contributed by atoms with Crippen LogP contribution in [0.1, 0.15) is 17.0 Å². The smallest absolute Gasteiger partial charge is 0.233 e. The molecule has 2 heterocycles. The Hall–Kier alpha value is -2.66. The van der Waals surface area contributed by atoms with Gasteiger partial charge in [-0.05, 0) is 29.3 Å². The van der Waals surface area contributed by atoms with Gasteiger partial charge in [0.2, 0.25) is 5.91 Å². The van der Waals surface area contributed by atoms with Gasteiger partial charge in [0, 0.05) is 24.2 Å². The Morgan fingerprint density at radius 3 is 3.09 bits per heavy atom. The van der Waals surface area contributed by atoms with E-state index in [-0.39, 0.29) is 11.8 Å². The summed E-state index contributed by atoms with van der Waals surface area (Å²) in [5.74, 6) is -0.146. The van der Waals surface area contributed by atoms with Crippen molar-refractivity contribution in [3.8, 4) is 0 Å². The topological polar surface area (TPSA) is 69.8 Å². The molecular formula is C17H16N4O. The van der Waals surface area contributed by atoms with Gasteiger partial charge in [-0.3, -0.25) is 9.89 Å². The molecule has 1 aliphatic rings. The summed E-state index contributed by atoms with van der Waals surface area (Å²) in [7, 11) is 0. The fourth-order valence-electron chi connectivity index (χ4n) is 2.98. The Labute approximate surface area is 127 Å². The lowest BCUT2D eigenvalue weighted by Crippen LogP contribution is -2.35. The maximum atomic E-state index is 12.6.